The second-order valence-electron chi connectivity index (χ2n) is 7.16. The molecule has 0 aliphatic carbocycles. The largest absolute Gasteiger partial charge is 0.464 e. The number of nitrogens with one attached hydrogen (secondary N) is 1. The smallest absolute Gasteiger partial charge is 0.228 e. The number of rotatable bonds is 4. The number of benzene rings is 2. The van der Waals surface area contributed by atoms with Crippen molar-refractivity contribution in [3.05, 3.63) is 64.4 Å². The number of carbonyl (C=O) groups is 1. The molecule has 0 aliphatic heterocycles. The minimum Gasteiger partial charge on any atom is -0.464 e. The maximum absolute atomic E-state index is 12.5. The van der Waals surface area contributed by atoms with Gasteiger partial charge >= 0.3 is 0 Å². The molecule has 3 aromatic rings. The van der Waals surface area contributed by atoms with Crippen molar-refractivity contribution in [2.45, 2.75) is 47.0 Å². The lowest BCUT2D eigenvalue weighted by atomic mass is 9.95. The number of anilines is 1. The zero-order valence-electron chi connectivity index (χ0n) is 15.6. The van der Waals surface area contributed by atoms with Gasteiger partial charge in [-0.3, -0.25) is 4.79 Å². The highest BCUT2D eigenvalue weighted by Gasteiger charge is 2.14. The average Bonchev–Trinajstić information content (AvgIpc) is 2.91. The number of amides is 1. The summed E-state index contributed by atoms with van der Waals surface area (Å²) in [6.45, 7) is 10.5. The van der Waals surface area contributed by atoms with E-state index in [0.717, 1.165) is 27.8 Å². The highest BCUT2D eigenvalue weighted by molar-refractivity contribution is 5.96. The number of fused-ring (bicyclic) bond motifs is 1. The Hall–Kier alpha value is -2.55. The summed E-state index contributed by atoms with van der Waals surface area (Å²) in [5.41, 5.74) is 7.42. The molecule has 0 atom stereocenters. The van der Waals surface area contributed by atoms with Crippen LogP contribution >= 0.6 is 0 Å². The minimum absolute atomic E-state index is 0.0266. The molecule has 0 radical (unpaired) electrons. The lowest BCUT2D eigenvalue weighted by molar-refractivity contribution is -0.115. The fourth-order valence-electron chi connectivity index (χ4n) is 3.32. The zero-order chi connectivity index (χ0) is 18.1. The van der Waals surface area contributed by atoms with E-state index in [1.54, 1.807) is 6.26 Å². The summed E-state index contributed by atoms with van der Waals surface area (Å²) in [7, 11) is 0. The van der Waals surface area contributed by atoms with Crippen molar-refractivity contribution < 1.29 is 9.21 Å². The molecule has 130 valence electrons. The van der Waals surface area contributed by atoms with Crippen LogP contribution in [0.25, 0.3) is 11.0 Å². The highest BCUT2D eigenvalue weighted by atomic mass is 16.3. The quantitative estimate of drug-likeness (QED) is 0.668. The Morgan fingerprint density at radius 1 is 1.08 bits per heavy atom. The van der Waals surface area contributed by atoms with Crippen LogP contribution in [0.15, 0.2) is 41.0 Å². The van der Waals surface area contributed by atoms with Crippen LogP contribution in [0.1, 0.15) is 47.6 Å². The molecule has 1 N–H and O–H groups in total. The van der Waals surface area contributed by atoms with E-state index in [-0.39, 0.29) is 5.91 Å². The van der Waals surface area contributed by atoms with Gasteiger partial charge in [0, 0.05) is 16.6 Å². The molecular formula is C22H25NO2. The van der Waals surface area contributed by atoms with Crippen LogP contribution in [0.5, 0.6) is 0 Å². The van der Waals surface area contributed by atoms with E-state index in [0.29, 0.717) is 12.3 Å². The lowest BCUT2D eigenvalue weighted by Crippen LogP contribution is -2.15. The molecule has 3 rings (SSSR count). The van der Waals surface area contributed by atoms with E-state index in [1.807, 2.05) is 26.0 Å². The summed E-state index contributed by atoms with van der Waals surface area (Å²) in [5.74, 6) is 0.414. The molecule has 0 aliphatic rings. The van der Waals surface area contributed by atoms with Gasteiger partial charge in [0.05, 0.1) is 12.7 Å². The zero-order valence-corrected chi connectivity index (χ0v) is 15.6. The van der Waals surface area contributed by atoms with E-state index >= 15 is 0 Å². The Labute approximate surface area is 149 Å². The van der Waals surface area contributed by atoms with Crippen molar-refractivity contribution in [2.75, 3.05) is 5.32 Å². The predicted molar refractivity (Wildman–Crippen MR) is 103 cm³/mol. The topological polar surface area (TPSA) is 42.2 Å². The third-order valence-electron chi connectivity index (χ3n) is 4.67. The maximum Gasteiger partial charge on any atom is 0.228 e. The Morgan fingerprint density at radius 3 is 2.52 bits per heavy atom. The molecule has 2 aromatic carbocycles. The normalized spacial score (nSPS) is 11.3. The first-order valence-electron chi connectivity index (χ1n) is 8.73. The number of hydrogen-bond acceptors (Lipinski definition) is 2. The molecule has 3 heteroatoms. The average molecular weight is 335 g/mol. The second-order valence-corrected chi connectivity index (χ2v) is 7.16. The molecule has 0 spiro atoms. The Bertz CT molecular complexity index is 935. The van der Waals surface area contributed by atoms with Gasteiger partial charge in [-0.1, -0.05) is 31.5 Å². The first-order chi connectivity index (χ1) is 11.8. The third kappa shape index (κ3) is 3.60. The summed E-state index contributed by atoms with van der Waals surface area (Å²) >= 11 is 0. The van der Waals surface area contributed by atoms with E-state index in [9.17, 15) is 4.79 Å². The van der Waals surface area contributed by atoms with Crippen LogP contribution in [-0.2, 0) is 11.2 Å². The Morgan fingerprint density at radius 2 is 1.84 bits per heavy atom. The molecule has 0 saturated heterocycles. The van der Waals surface area contributed by atoms with Gasteiger partial charge in [-0.05, 0) is 61.6 Å². The van der Waals surface area contributed by atoms with Crippen molar-refractivity contribution in [2.24, 2.45) is 0 Å². The standard InChI is InChI=1S/C22H25NO2/c1-13(2)18-11-19-17(12-25-21(19)9-15(18)4)10-22(24)23-20-7-6-14(3)8-16(20)5/h6-9,11-13H,10H2,1-5H3,(H,23,24). The number of aryl methyl sites for hydroxylation is 3. The van der Waals surface area contributed by atoms with E-state index < -0.39 is 0 Å². The van der Waals surface area contributed by atoms with Crippen LogP contribution in [0, 0.1) is 20.8 Å². The predicted octanol–water partition coefficient (Wildman–Crippen LogP) is 5.66. The molecule has 1 heterocycles. The van der Waals surface area contributed by atoms with Gasteiger partial charge < -0.3 is 9.73 Å². The first-order valence-corrected chi connectivity index (χ1v) is 8.73. The first kappa shape index (κ1) is 17.3. The van der Waals surface area contributed by atoms with Gasteiger partial charge in [-0.15, -0.1) is 0 Å². The maximum atomic E-state index is 12.5. The van der Waals surface area contributed by atoms with E-state index in [2.05, 4.69) is 44.3 Å². The molecule has 0 saturated carbocycles. The molecule has 0 unspecified atom stereocenters. The van der Waals surface area contributed by atoms with Crippen molar-refractivity contribution in [1.29, 1.82) is 0 Å². The third-order valence-corrected chi connectivity index (χ3v) is 4.67. The monoisotopic (exact) mass is 335 g/mol. The summed E-state index contributed by atoms with van der Waals surface area (Å²) < 4.78 is 5.68. The second kappa shape index (κ2) is 6.75. The van der Waals surface area contributed by atoms with E-state index in [4.69, 9.17) is 4.42 Å². The van der Waals surface area contributed by atoms with Crippen molar-refractivity contribution in [3.8, 4) is 0 Å². The lowest BCUT2D eigenvalue weighted by Gasteiger charge is -2.10. The van der Waals surface area contributed by atoms with Crippen molar-refractivity contribution in [3.63, 3.8) is 0 Å². The van der Waals surface area contributed by atoms with Crippen LogP contribution in [0.4, 0.5) is 5.69 Å². The number of hydrogen-bond donors (Lipinski definition) is 1. The minimum atomic E-state index is -0.0266. The van der Waals surface area contributed by atoms with Crippen LogP contribution in [0.3, 0.4) is 0 Å². The van der Waals surface area contributed by atoms with Gasteiger partial charge in [-0.2, -0.15) is 0 Å². The van der Waals surface area contributed by atoms with Gasteiger partial charge in [0.25, 0.3) is 0 Å². The summed E-state index contributed by atoms with van der Waals surface area (Å²) in [4.78, 5) is 12.5. The molecule has 1 amide bonds. The highest BCUT2D eigenvalue weighted by Crippen LogP contribution is 2.29. The molecule has 1 aromatic heterocycles. The van der Waals surface area contributed by atoms with Gasteiger partial charge in [0.15, 0.2) is 0 Å². The van der Waals surface area contributed by atoms with Crippen molar-refractivity contribution in [1.82, 2.24) is 0 Å². The van der Waals surface area contributed by atoms with E-state index in [1.165, 1.54) is 16.7 Å². The summed E-state index contributed by atoms with van der Waals surface area (Å²) in [5, 5.41) is 4.04. The molecule has 3 nitrogen and oxygen atoms in total. The van der Waals surface area contributed by atoms with Crippen LogP contribution in [-0.4, -0.2) is 5.91 Å². The fourth-order valence-corrected chi connectivity index (χ4v) is 3.32. The summed E-state index contributed by atoms with van der Waals surface area (Å²) in [6, 6.07) is 10.3. The van der Waals surface area contributed by atoms with Crippen LogP contribution in [0.2, 0.25) is 0 Å². The Balaban J connectivity index is 1.85. The molecule has 0 fully saturated rings. The SMILES string of the molecule is Cc1ccc(NC(=O)Cc2coc3cc(C)c(C(C)C)cc23)c(C)c1. The Kier molecular flexibility index (Phi) is 4.67. The van der Waals surface area contributed by atoms with Crippen molar-refractivity contribution >= 4 is 22.6 Å². The van der Waals surface area contributed by atoms with Gasteiger partial charge in [0.1, 0.15) is 5.58 Å². The molecular weight excluding hydrogens is 310 g/mol. The summed E-state index contributed by atoms with van der Waals surface area (Å²) in [6.07, 6.45) is 2.01. The van der Waals surface area contributed by atoms with Crippen LogP contribution < -0.4 is 5.32 Å². The molecule has 0 bridgehead atoms. The number of furan rings is 1. The fraction of sp³-hybridized carbons (Fsp3) is 0.318. The number of carbonyl (C=O) groups excluding carboxylic acids is 1. The molecule has 25 heavy (non-hydrogen) atoms. The van der Waals surface area contributed by atoms with Gasteiger partial charge in [-0.25, -0.2) is 0 Å². The van der Waals surface area contributed by atoms with Gasteiger partial charge in [0.2, 0.25) is 5.91 Å².